The smallest absolute Gasteiger partial charge is 0.305 e. The summed E-state index contributed by atoms with van der Waals surface area (Å²) in [6, 6.07) is 10.4. The fourth-order valence-corrected chi connectivity index (χ4v) is 2.38. The van der Waals surface area contributed by atoms with Crippen molar-refractivity contribution >= 4 is 11.7 Å². The first kappa shape index (κ1) is 11.9. The minimum absolute atomic E-state index is 0.0152. The van der Waals surface area contributed by atoms with Gasteiger partial charge in [-0.05, 0) is 19.1 Å². The molecule has 0 amide bonds. The minimum atomic E-state index is -0.746. The molecule has 4 heteroatoms. The number of aliphatic carboxylic acids is 1. The first-order valence-electron chi connectivity index (χ1n) is 5.95. The Kier molecular flexibility index (Phi) is 3.64. The predicted octanol–water partition coefficient (Wildman–Crippen LogP) is 1.33. The zero-order valence-electron chi connectivity index (χ0n) is 9.97. The van der Waals surface area contributed by atoms with Gasteiger partial charge in [-0.2, -0.15) is 0 Å². The quantitative estimate of drug-likeness (QED) is 0.828. The summed E-state index contributed by atoms with van der Waals surface area (Å²) >= 11 is 0. The van der Waals surface area contributed by atoms with Crippen molar-refractivity contribution in [2.45, 2.75) is 25.4 Å². The van der Waals surface area contributed by atoms with Gasteiger partial charge in [0.1, 0.15) is 0 Å². The van der Waals surface area contributed by atoms with Crippen LogP contribution in [0.25, 0.3) is 0 Å². The van der Waals surface area contributed by atoms with E-state index in [-0.39, 0.29) is 18.5 Å². The number of piperazine rings is 1. The molecule has 17 heavy (non-hydrogen) atoms. The Morgan fingerprint density at radius 3 is 2.82 bits per heavy atom. The van der Waals surface area contributed by atoms with Gasteiger partial charge in [-0.3, -0.25) is 4.79 Å². The number of anilines is 1. The highest BCUT2D eigenvalue weighted by Gasteiger charge is 2.29. The lowest BCUT2D eigenvalue weighted by Gasteiger charge is -2.41. The third-order valence-corrected chi connectivity index (χ3v) is 3.32. The number of carboxylic acids is 1. The molecule has 1 aromatic rings. The minimum Gasteiger partial charge on any atom is -0.481 e. The first-order valence-corrected chi connectivity index (χ1v) is 5.95. The molecular weight excluding hydrogens is 216 g/mol. The molecule has 4 nitrogen and oxygen atoms in total. The van der Waals surface area contributed by atoms with Crippen LogP contribution in [0.2, 0.25) is 0 Å². The van der Waals surface area contributed by atoms with E-state index in [4.69, 9.17) is 5.11 Å². The van der Waals surface area contributed by atoms with E-state index in [2.05, 4.69) is 29.3 Å². The monoisotopic (exact) mass is 234 g/mol. The number of hydrogen-bond donors (Lipinski definition) is 2. The largest absolute Gasteiger partial charge is 0.481 e. The molecule has 2 rings (SSSR count). The fraction of sp³-hybridized carbons (Fsp3) is 0.462. The zero-order chi connectivity index (χ0) is 12.3. The number of carbonyl (C=O) groups is 1. The van der Waals surface area contributed by atoms with Crippen molar-refractivity contribution in [3.63, 3.8) is 0 Å². The van der Waals surface area contributed by atoms with Crippen LogP contribution < -0.4 is 10.2 Å². The molecule has 1 aliphatic rings. The number of hydrogen-bond acceptors (Lipinski definition) is 3. The second-order valence-electron chi connectivity index (χ2n) is 4.43. The molecule has 0 radical (unpaired) electrons. The molecule has 0 bridgehead atoms. The topological polar surface area (TPSA) is 52.6 Å². The summed E-state index contributed by atoms with van der Waals surface area (Å²) in [5, 5.41) is 12.2. The molecule has 2 atom stereocenters. The summed E-state index contributed by atoms with van der Waals surface area (Å²) in [6.07, 6.45) is 0.171. The number of para-hydroxylation sites is 1. The molecule has 0 aliphatic carbocycles. The van der Waals surface area contributed by atoms with E-state index in [1.165, 1.54) is 0 Å². The average Bonchev–Trinajstić information content (AvgIpc) is 2.32. The fourth-order valence-electron chi connectivity index (χ4n) is 2.38. The zero-order valence-corrected chi connectivity index (χ0v) is 9.97. The summed E-state index contributed by atoms with van der Waals surface area (Å²) < 4.78 is 0. The number of rotatable bonds is 3. The van der Waals surface area contributed by atoms with Crippen LogP contribution >= 0.6 is 0 Å². The summed E-state index contributed by atoms with van der Waals surface area (Å²) in [7, 11) is 0. The van der Waals surface area contributed by atoms with Crippen LogP contribution in [0.4, 0.5) is 5.69 Å². The van der Waals surface area contributed by atoms with Crippen molar-refractivity contribution in [3.05, 3.63) is 30.3 Å². The lowest BCUT2D eigenvalue weighted by atomic mass is 10.0. The number of nitrogens with one attached hydrogen (secondary N) is 1. The maximum absolute atomic E-state index is 10.8. The van der Waals surface area contributed by atoms with Crippen molar-refractivity contribution < 1.29 is 9.90 Å². The average molecular weight is 234 g/mol. The van der Waals surface area contributed by atoms with E-state index >= 15 is 0 Å². The van der Waals surface area contributed by atoms with Crippen LogP contribution in [-0.2, 0) is 4.79 Å². The standard InChI is InChI=1S/C13H18N2O2/c1-10-12(9-13(16)17)14-7-8-15(10)11-5-3-2-4-6-11/h2-6,10,12,14H,7-9H2,1H3,(H,16,17)/t10-,12+/m0/s1. The van der Waals surface area contributed by atoms with E-state index in [1.807, 2.05) is 18.2 Å². The third-order valence-electron chi connectivity index (χ3n) is 3.32. The number of nitrogens with zero attached hydrogens (tertiary/aromatic N) is 1. The molecule has 0 unspecified atom stereocenters. The van der Waals surface area contributed by atoms with Crippen LogP contribution in [0.3, 0.4) is 0 Å². The Hall–Kier alpha value is -1.55. The summed E-state index contributed by atoms with van der Waals surface area (Å²) in [6.45, 7) is 3.82. The summed E-state index contributed by atoms with van der Waals surface area (Å²) in [4.78, 5) is 13.1. The van der Waals surface area contributed by atoms with Crippen molar-refractivity contribution in [2.75, 3.05) is 18.0 Å². The van der Waals surface area contributed by atoms with Gasteiger partial charge in [0.05, 0.1) is 6.42 Å². The maximum Gasteiger partial charge on any atom is 0.305 e. The SMILES string of the molecule is C[C@H]1[C@@H](CC(=O)O)NCCN1c1ccccc1. The highest BCUT2D eigenvalue weighted by atomic mass is 16.4. The van der Waals surface area contributed by atoms with Crippen molar-refractivity contribution in [2.24, 2.45) is 0 Å². The van der Waals surface area contributed by atoms with Gasteiger partial charge < -0.3 is 15.3 Å². The van der Waals surface area contributed by atoms with Gasteiger partial charge >= 0.3 is 5.97 Å². The predicted molar refractivity (Wildman–Crippen MR) is 67.3 cm³/mol. The van der Waals surface area contributed by atoms with E-state index in [9.17, 15) is 4.79 Å². The number of carboxylic acid groups (broad SMARTS) is 1. The van der Waals surface area contributed by atoms with Gasteiger partial charge in [0.25, 0.3) is 0 Å². The van der Waals surface area contributed by atoms with Crippen molar-refractivity contribution in [1.82, 2.24) is 5.32 Å². The van der Waals surface area contributed by atoms with Gasteiger partial charge in [0, 0.05) is 30.9 Å². The molecule has 1 saturated heterocycles. The molecule has 1 aliphatic heterocycles. The molecule has 0 aromatic heterocycles. The van der Waals surface area contributed by atoms with Gasteiger partial charge in [-0.1, -0.05) is 18.2 Å². The molecule has 1 heterocycles. The highest BCUT2D eigenvalue weighted by molar-refractivity contribution is 5.68. The summed E-state index contributed by atoms with van der Waals surface area (Å²) in [5.74, 6) is -0.746. The molecule has 0 saturated carbocycles. The molecule has 0 spiro atoms. The Balaban J connectivity index is 2.11. The van der Waals surface area contributed by atoms with Crippen LogP contribution in [0.15, 0.2) is 30.3 Å². The maximum atomic E-state index is 10.8. The van der Waals surface area contributed by atoms with Crippen LogP contribution in [0.5, 0.6) is 0 Å². The van der Waals surface area contributed by atoms with Crippen LogP contribution in [-0.4, -0.2) is 36.2 Å². The Labute approximate surface area is 101 Å². The molecule has 92 valence electrons. The van der Waals surface area contributed by atoms with E-state index in [0.29, 0.717) is 0 Å². The molecule has 1 aromatic carbocycles. The highest BCUT2D eigenvalue weighted by Crippen LogP contribution is 2.21. The Morgan fingerprint density at radius 1 is 1.47 bits per heavy atom. The van der Waals surface area contributed by atoms with E-state index in [1.54, 1.807) is 0 Å². The van der Waals surface area contributed by atoms with Gasteiger partial charge in [-0.15, -0.1) is 0 Å². The normalized spacial score (nSPS) is 24.6. The van der Waals surface area contributed by atoms with Gasteiger partial charge in [0.2, 0.25) is 0 Å². The third kappa shape index (κ3) is 2.77. The lowest BCUT2D eigenvalue weighted by molar-refractivity contribution is -0.137. The van der Waals surface area contributed by atoms with Crippen LogP contribution in [0, 0.1) is 0 Å². The summed E-state index contributed by atoms with van der Waals surface area (Å²) in [5.41, 5.74) is 1.16. The molecule has 2 N–H and O–H groups in total. The van der Waals surface area contributed by atoms with Gasteiger partial charge in [0.15, 0.2) is 0 Å². The van der Waals surface area contributed by atoms with Crippen molar-refractivity contribution in [3.8, 4) is 0 Å². The van der Waals surface area contributed by atoms with Crippen LogP contribution in [0.1, 0.15) is 13.3 Å². The first-order chi connectivity index (χ1) is 8.18. The Bertz CT molecular complexity index is 380. The lowest BCUT2D eigenvalue weighted by Crippen LogP contribution is -2.57. The second-order valence-corrected chi connectivity index (χ2v) is 4.43. The van der Waals surface area contributed by atoms with Crippen molar-refractivity contribution in [1.29, 1.82) is 0 Å². The Morgan fingerprint density at radius 2 is 2.18 bits per heavy atom. The van der Waals surface area contributed by atoms with Gasteiger partial charge in [-0.25, -0.2) is 0 Å². The molecular formula is C13H18N2O2. The number of benzene rings is 1. The van der Waals surface area contributed by atoms with E-state index in [0.717, 1.165) is 18.8 Å². The molecule has 1 fully saturated rings. The van der Waals surface area contributed by atoms with E-state index < -0.39 is 5.97 Å². The second kappa shape index (κ2) is 5.19.